The van der Waals surface area contributed by atoms with E-state index in [0.29, 0.717) is 6.61 Å². The Kier molecular flexibility index (Phi) is 8.52. The Balaban J connectivity index is 0.00000264. The molecule has 0 aliphatic carbocycles. The second-order valence-corrected chi connectivity index (χ2v) is 5.43. The standard InChI is InChI=1S/C19H25NO2.ClH/c1-3-4-10-17(20)16-11-12-18(19(13-16)21-2)22-14-15-8-6-5-7-9-15;/h5-9,11-13,17H,3-4,10,14,20H2,1-2H3;1H/t17-;/m1./s1. The number of ether oxygens (including phenoxy) is 2. The summed E-state index contributed by atoms with van der Waals surface area (Å²) in [6.07, 6.45) is 3.28. The van der Waals surface area contributed by atoms with Crippen LogP contribution >= 0.6 is 12.4 Å². The molecule has 0 radical (unpaired) electrons. The van der Waals surface area contributed by atoms with Gasteiger partial charge in [0.1, 0.15) is 6.61 Å². The Hall–Kier alpha value is -1.71. The number of nitrogens with two attached hydrogens (primary N) is 1. The summed E-state index contributed by atoms with van der Waals surface area (Å²) in [4.78, 5) is 0. The molecule has 0 heterocycles. The van der Waals surface area contributed by atoms with Crippen LogP contribution in [0.15, 0.2) is 48.5 Å². The van der Waals surface area contributed by atoms with Crippen molar-refractivity contribution < 1.29 is 9.47 Å². The molecule has 0 amide bonds. The maximum atomic E-state index is 6.22. The highest BCUT2D eigenvalue weighted by atomic mass is 35.5. The Bertz CT molecular complexity index is 575. The lowest BCUT2D eigenvalue weighted by Gasteiger charge is -2.16. The van der Waals surface area contributed by atoms with Gasteiger partial charge in [-0.1, -0.05) is 56.2 Å². The summed E-state index contributed by atoms with van der Waals surface area (Å²) >= 11 is 0. The lowest BCUT2D eigenvalue weighted by Crippen LogP contribution is -2.10. The number of hydrogen-bond acceptors (Lipinski definition) is 3. The highest BCUT2D eigenvalue weighted by Gasteiger charge is 2.11. The largest absolute Gasteiger partial charge is 0.493 e. The highest BCUT2D eigenvalue weighted by Crippen LogP contribution is 2.31. The van der Waals surface area contributed by atoms with Gasteiger partial charge in [0.15, 0.2) is 11.5 Å². The average molecular weight is 336 g/mol. The molecule has 2 N–H and O–H groups in total. The second kappa shape index (κ2) is 10.1. The number of halogens is 1. The van der Waals surface area contributed by atoms with Crippen molar-refractivity contribution in [2.75, 3.05) is 7.11 Å². The number of unbranched alkanes of at least 4 members (excludes halogenated alkanes) is 1. The van der Waals surface area contributed by atoms with Crippen molar-refractivity contribution in [1.82, 2.24) is 0 Å². The van der Waals surface area contributed by atoms with Crippen molar-refractivity contribution in [3.05, 3.63) is 59.7 Å². The van der Waals surface area contributed by atoms with E-state index in [-0.39, 0.29) is 18.4 Å². The summed E-state index contributed by atoms with van der Waals surface area (Å²) in [5, 5.41) is 0. The molecule has 2 rings (SSSR count). The van der Waals surface area contributed by atoms with Crippen LogP contribution in [0.2, 0.25) is 0 Å². The zero-order chi connectivity index (χ0) is 15.8. The first kappa shape index (κ1) is 19.3. The van der Waals surface area contributed by atoms with E-state index in [0.717, 1.165) is 41.9 Å². The van der Waals surface area contributed by atoms with Gasteiger partial charge in [0.25, 0.3) is 0 Å². The fourth-order valence-corrected chi connectivity index (χ4v) is 2.36. The minimum atomic E-state index is 0. The number of benzene rings is 2. The summed E-state index contributed by atoms with van der Waals surface area (Å²) in [6.45, 7) is 2.70. The Morgan fingerprint density at radius 2 is 1.78 bits per heavy atom. The third-order valence-electron chi connectivity index (χ3n) is 3.72. The SMILES string of the molecule is CCCC[C@@H](N)c1ccc(OCc2ccccc2)c(OC)c1.Cl. The van der Waals surface area contributed by atoms with E-state index in [4.69, 9.17) is 15.2 Å². The summed E-state index contributed by atoms with van der Waals surface area (Å²) < 4.78 is 11.3. The van der Waals surface area contributed by atoms with E-state index in [1.54, 1.807) is 7.11 Å². The van der Waals surface area contributed by atoms with Gasteiger partial charge in [-0.3, -0.25) is 0 Å². The average Bonchev–Trinajstić information content (AvgIpc) is 2.58. The lowest BCUT2D eigenvalue weighted by molar-refractivity contribution is 0.284. The quantitative estimate of drug-likeness (QED) is 0.747. The van der Waals surface area contributed by atoms with Gasteiger partial charge in [0.2, 0.25) is 0 Å². The van der Waals surface area contributed by atoms with E-state index < -0.39 is 0 Å². The van der Waals surface area contributed by atoms with E-state index in [9.17, 15) is 0 Å². The summed E-state index contributed by atoms with van der Waals surface area (Å²) in [5.74, 6) is 1.48. The molecule has 0 unspecified atom stereocenters. The Labute approximate surface area is 145 Å². The first-order valence-corrected chi connectivity index (χ1v) is 7.84. The van der Waals surface area contributed by atoms with Gasteiger partial charge < -0.3 is 15.2 Å². The van der Waals surface area contributed by atoms with Crippen molar-refractivity contribution in [2.45, 2.75) is 38.8 Å². The summed E-state index contributed by atoms with van der Waals surface area (Å²) in [6, 6.07) is 16.1. The van der Waals surface area contributed by atoms with Gasteiger partial charge in [0, 0.05) is 6.04 Å². The monoisotopic (exact) mass is 335 g/mol. The first-order valence-electron chi connectivity index (χ1n) is 7.84. The zero-order valence-electron chi connectivity index (χ0n) is 13.8. The molecule has 23 heavy (non-hydrogen) atoms. The molecule has 0 saturated heterocycles. The molecule has 2 aromatic carbocycles. The molecule has 126 valence electrons. The fourth-order valence-electron chi connectivity index (χ4n) is 2.36. The molecule has 0 spiro atoms. The van der Waals surface area contributed by atoms with Crippen LogP contribution in [0.25, 0.3) is 0 Å². The summed E-state index contributed by atoms with van der Waals surface area (Å²) in [7, 11) is 1.66. The van der Waals surface area contributed by atoms with E-state index >= 15 is 0 Å². The predicted octanol–water partition coefficient (Wildman–Crippen LogP) is 4.89. The van der Waals surface area contributed by atoms with Crippen LogP contribution in [-0.2, 0) is 6.61 Å². The van der Waals surface area contributed by atoms with Crippen molar-refractivity contribution in [1.29, 1.82) is 0 Å². The van der Waals surface area contributed by atoms with Crippen molar-refractivity contribution in [3.8, 4) is 11.5 Å². The topological polar surface area (TPSA) is 44.5 Å². The minimum absolute atomic E-state index is 0. The number of hydrogen-bond donors (Lipinski definition) is 1. The molecule has 3 nitrogen and oxygen atoms in total. The van der Waals surface area contributed by atoms with Crippen molar-refractivity contribution >= 4 is 12.4 Å². The molecular formula is C19H26ClNO2. The molecule has 0 fully saturated rings. The Morgan fingerprint density at radius 3 is 2.43 bits per heavy atom. The molecule has 0 bridgehead atoms. The fraction of sp³-hybridized carbons (Fsp3) is 0.368. The molecule has 2 aromatic rings. The van der Waals surface area contributed by atoms with Crippen LogP contribution < -0.4 is 15.2 Å². The van der Waals surface area contributed by atoms with Crippen LogP contribution in [0.4, 0.5) is 0 Å². The van der Waals surface area contributed by atoms with Crippen LogP contribution in [0.3, 0.4) is 0 Å². The highest BCUT2D eigenvalue weighted by molar-refractivity contribution is 5.85. The third kappa shape index (κ3) is 5.77. The van der Waals surface area contributed by atoms with Crippen LogP contribution in [0, 0.1) is 0 Å². The minimum Gasteiger partial charge on any atom is -0.493 e. The van der Waals surface area contributed by atoms with Gasteiger partial charge >= 0.3 is 0 Å². The van der Waals surface area contributed by atoms with Crippen LogP contribution in [0.1, 0.15) is 43.4 Å². The maximum absolute atomic E-state index is 6.22. The van der Waals surface area contributed by atoms with Gasteiger partial charge in [-0.2, -0.15) is 0 Å². The molecule has 0 aromatic heterocycles. The van der Waals surface area contributed by atoms with Gasteiger partial charge in [0.05, 0.1) is 7.11 Å². The van der Waals surface area contributed by atoms with E-state index in [1.807, 2.05) is 48.5 Å². The van der Waals surface area contributed by atoms with Crippen molar-refractivity contribution in [2.24, 2.45) is 5.73 Å². The van der Waals surface area contributed by atoms with Crippen LogP contribution in [0.5, 0.6) is 11.5 Å². The second-order valence-electron chi connectivity index (χ2n) is 5.43. The third-order valence-corrected chi connectivity index (χ3v) is 3.72. The van der Waals surface area contributed by atoms with E-state index in [2.05, 4.69) is 6.92 Å². The Morgan fingerprint density at radius 1 is 1.04 bits per heavy atom. The van der Waals surface area contributed by atoms with Crippen LogP contribution in [-0.4, -0.2) is 7.11 Å². The van der Waals surface area contributed by atoms with Crippen molar-refractivity contribution in [3.63, 3.8) is 0 Å². The molecule has 4 heteroatoms. The van der Waals surface area contributed by atoms with Gasteiger partial charge in [-0.15, -0.1) is 12.4 Å². The molecular weight excluding hydrogens is 310 g/mol. The zero-order valence-corrected chi connectivity index (χ0v) is 14.6. The summed E-state index contributed by atoms with van der Waals surface area (Å²) in [5.41, 5.74) is 8.45. The molecule has 0 saturated carbocycles. The first-order chi connectivity index (χ1) is 10.7. The van der Waals surface area contributed by atoms with Gasteiger partial charge in [-0.25, -0.2) is 0 Å². The number of rotatable bonds is 8. The smallest absolute Gasteiger partial charge is 0.161 e. The molecule has 0 aliphatic heterocycles. The van der Waals surface area contributed by atoms with E-state index in [1.165, 1.54) is 0 Å². The lowest BCUT2D eigenvalue weighted by atomic mass is 10.0. The van der Waals surface area contributed by atoms with Gasteiger partial charge in [-0.05, 0) is 29.7 Å². The molecule has 0 aliphatic rings. The predicted molar refractivity (Wildman–Crippen MR) is 97.5 cm³/mol. The normalized spacial score (nSPS) is 11.4. The number of methoxy groups -OCH3 is 1. The molecule has 1 atom stereocenters. The maximum Gasteiger partial charge on any atom is 0.161 e.